The summed E-state index contributed by atoms with van der Waals surface area (Å²) in [5.41, 5.74) is 4.46. The van der Waals surface area contributed by atoms with E-state index in [4.69, 9.17) is 5.73 Å². The second-order valence-corrected chi connectivity index (χ2v) is 3.97. The number of nitrogens with zero attached hydrogens (tertiary/aromatic N) is 1. The summed E-state index contributed by atoms with van der Waals surface area (Å²) in [7, 11) is 0. The van der Waals surface area contributed by atoms with E-state index in [9.17, 15) is 19.8 Å². The molecule has 1 aromatic heterocycles. The van der Waals surface area contributed by atoms with E-state index in [0.29, 0.717) is 0 Å². The summed E-state index contributed by atoms with van der Waals surface area (Å²) in [5, 5.41) is 19.2. The van der Waals surface area contributed by atoms with Crippen molar-refractivity contribution in [3.05, 3.63) is 33.1 Å². The molecule has 1 aliphatic rings. The molecule has 4 atom stereocenters. The van der Waals surface area contributed by atoms with Crippen molar-refractivity contribution in [1.82, 2.24) is 9.55 Å². The molecular weight excluding hydrogens is 214 g/mol. The quantitative estimate of drug-likeness (QED) is 0.423. The van der Waals surface area contributed by atoms with Gasteiger partial charge in [0.2, 0.25) is 0 Å². The van der Waals surface area contributed by atoms with Crippen LogP contribution in [0.5, 0.6) is 0 Å². The summed E-state index contributed by atoms with van der Waals surface area (Å²) in [6.45, 7) is 0. The zero-order chi connectivity index (χ0) is 11.9. The summed E-state index contributed by atoms with van der Waals surface area (Å²) in [6, 6.07) is 0.0119. The van der Waals surface area contributed by atoms with Crippen LogP contribution in [0, 0.1) is 0 Å². The maximum absolute atomic E-state index is 11.5. The van der Waals surface area contributed by atoms with Crippen molar-refractivity contribution in [2.45, 2.75) is 30.7 Å². The lowest BCUT2D eigenvalue weighted by Gasteiger charge is -2.17. The van der Waals surface area contributed by atoms with Crippen LogP contribution >= 0.6 is 0 Å². The van der Waals surface area contributed by atoms with Gasteiger partial charge < -0.3 is 15.9 Å². The molecule has 0 unspecified atom stereocenters. The third kappa shape index (κ3) is 1.69. The Morgan fingerprint density at radius 1 is 1.38 bits per heavy atom. The number of hydrogen-bond acceptors (Lipinski definition) is 5. The molecule has 1 saturated carbocycles. The summed E-state index contributed by atoms with van der Waals surface area (Å²) >= 11 is 0. The van der Waals surface area contributed by atoms with Gasteiger partial charge in [0.1, 0.15) is 6.10 Å². The van der Waals surface area contributed by atoms with Gasteiger partial charge in [0.05, 0.1) is 12.1 Å². The van der Waals surface area contributed by atoms with E-state index in [-0.39, 0.29) is 6.42 Å². The highest BCUT2D eigenvalue weighted by atomic mass is 16.3. The van der Waals surface area contributed by atoms with Crippen molar-refractivity contribution in [3.63, 3.8) is 0 Å². The molecule has 1 aliphatic carbocycles. The second kappa shape index (κ2) is 3.85. The molecule has 0 amide bonds. The van der Waals surface area contributed by atoms with Crippen LogP contribution in [0.1, 0.15) is 12.5 Å². The Balaban J connectivity index is 2.39. The number of nitrogens with one attached hydrogen (secondary N) is 1. The molecule has 1 heterocycles. The van der Waals surface area contributed by atoms with Crippen molar-refractivity contribution >= 4 is 0 Å². The number of aliphatic hydroxyl groups is 2. The second-order valence-electron chi connectivity index (χ2n) is 3.97. The van der Waals surface area contributed by atoms with E-state index in [0.717, 1.165) is 0 Å². The van der Waals surface area contributed by atoms with Gasteiger partial charge in [-0.1, -0.05) is 0 Å². The molecule has 0 aromatic carbocycles. The van der Waals surface area contributed by atoms with Crippen LogP contribution in [-0.2, 0) is 0 Å². The van der Waals surface area contributed by atoms with Crippen LogP contribution in [0.15, 0.2) is 21.9 Å². The molecule has 0 bridgehead atoms. The molecule has 0 aliphatic heterocycles. The molecule has 7 heteroatoms. The number of H-pyrrole nitrogens is 1. The number of rotatable bonds is 1. The van der Waals surface area contributed by atoms with Gasteiger partial charge >= 0.3 is 5.69 Å². The van der Waals surface area contributed by atoms with Gasteiger partial charge in [-0.05, 0) is 6.42 Å². The molecular formula is C9H13N3O4. The normalized spacial score (nSPS) is 34.2. The predicted octanol–water partition coefficient (Wildman–Crippen LogP) is -2.47. The van der Waals surface area contributed by atoms with Crippen LogP contribution in [0.3, 0.4) is 0 Å². The third-order valence-electron chi connectivity index (χ3n) is 2.90. The van der Waals surface area contributed by atoms with Crippen LogP contribution in [0.2, 0.25) is 0 Å². The first-order valence-corrected chi connectivity index (χ1v) is 4.94. The number of nitrogens with two attached hydrogens (primary N) is 1. The smallest absolute Gasteiger partial charge is 0.328 e. The number of hydrogen-bond donors (Lipinski definition) is 4. The van der Waals surface area contributed by atoms with E-state index < -0.39 is 35.5 Å². The van der Waals surface area contributed by atoms with Gasteiger partial charge in [-0.25, -0.2) is 4.79 Å². The number of aromatic amines is 1. The van der Waals surface area contributed by atoms with Crippen LogP contribution in [0.4, 0.5) is 0 Å². The Bertz CT molecular complexity index is 494. The Labute approximate surface area is 90.2 Å². The minimum Gasteiger partial charge on any atom is -0.389 e. The minimum atomic E-state index is -1.10. The summed E-state index contributed by atoms with van der Waals surface area (Å²) in [4.78, 5) is 24.4. The molecule has 0 saturated heterocycles. The van der Waals surface area contributed by atoms with Crippen molar-refractivity contribution in [2.24, 2.45) is 5.73 Å². The van der Waals surface area contributed by atoms with E-state index >= 15 is 0 Å². The fraction of sp³-hybridized carbons (Fsp3) is 0.556. The molecule has 5 N–H and O–H groups in total. The van der Waals surface area contributed by atoms with E-state index in [1.165, 1.54) is 16.8 Å². The molecule has 1 fully saturated rings. The first-order chi connectivity index (χ1) is 7.50. The maximum atomic E-state index is 11.5. The average Bonchev–Trinajstić information content (AvgIpc) is 2.46. The monoisotopic (exact) mass is 227 g/mol. The molecule has 0 spiro atoms. The van der Waals surface area contributed by atoms with Crippen molar-refractivity contribution in [3.8, 4) is 0 Å². The van der Waals surface area contributed by atoms with Gasteiger partial charge in [-0.2, -0.15) is 0 Å². The molecule has 1 aromatic rings. The highest BCUT2D eigenvalue weighted by Gasteiger charge is 2.40. The lowest BCUT2D eigenvalue weighted by atomic mass is 10.2. The first kappa shape index (κ1) is 11.1. The number of aromatic nitrogens is 2. The highest BCUT2D eigenvalue weighted by molar-refractivity contribution is 4.99. The Morgan fingerprint density at radius 3 is 2.56 bits per heavy atom. The average molecular weight is 227 g/mol. The fourth-order valence-electron chi connectivity index (χ4n) is 2.01. The highest BCUT2D eigenvalue weighted by Crippen LogP contribution is 2.28. The Kier molecular flexibility index (Phi) is 2.66. The Morgan fingerprint density at radius 2 is 2.06 bits per heavy atom. The molecule has 7 nitrogen and oxygen atoms in total. The zero-order valence-electron chi connectivity index (χ0n) is 8.41. The first-order valence-electron chi connectivity index (χ1n) is 4.94. The van der Waals surface area contributed by atoms with Gasteiger partial charge in [0.25, 0.3) is 5.56 Å². The van der Waals surface area contributed by atoms with E-state index in [1.807, 2.05) is 0 Å². The van der Waals surface area contributed by atoms with Gasteiger partial charge in [0, 0.05) is 18.3 Å². The SMILES string of the molecule is N[C@@H]1C[C@H](n2ccc(=O)[nH]c2=O)[C@@H](O)[C@H]1O. The van der Waals surface area contributed by atoms with E-state index in [2.05, 4.69) is 4.98 Å². The van der Waals surface area contributed by atoms with Crippen LogP contribution < -0.4 is 17.0 Å². The molecule has 88 valence electrons. The minimum absolute atomic E-state index is 0.286. The van der Waals surface area contributed by atoms with E-state index in [1.54, 1.807) is 0 Å². The molecule has 0 radical (unpaired) electrons. The van der Waals surface area contributed by atoms with Crippen molar-refractivity contribution in [2.75, 3.05) is 0 Å². The lowest BCUT2D eigenvalue weighted by Crippen LogP contribution is -2.38. The largest absolute Gasteiger partial charge is 0.389 e. The fourth-order valence-corrected chi connectivity index (χ4v) is 2.01. The van der Waals surface area contributed by atoms with Gasteiger partial charge in [-0.15, -0.1) is 0 Å². The van der Waals surface area contributed by atoms with Crippen molar-refractivity contribution < 1.29 is 10.2 Å². The summed E-state index contributed by atoms with van der Waals surface area (Å²) in [5.74, 6) is 0. The van der Waals surface area contributed by atoms with Crippen LogP contribution in [-0.4, -0.2) is 38.0 Å². The summed E-state index contributed by atoms with van der Waals surface area (Å²) < 4.78 is 1.18. The van der Waals surface area contributed by atoms with Crippen molar-refractivity contribution in [1.29, 1.82) is 0 Å². The van der Waals surface area contributed by atoms with Gasteiger partial charge in [0.15, 0.2) is 0 Å². The zero-order valence-corrected chi connectivity index (χ0v) is 8.41. The molecule has 2 rings (SSSR count). The molecule has 16 heavy (non-hydrogen) atoms. The maximum Gasteiger partial charge on any atom is 0.328 e. The Hall–Kier alpha value is -1.44. The predicted molar refractivity (Wildman–Crippen MR) is 55.0 cm³/mol. The van der Waals surface area contributed by atoms with Crippen LogP contribution in [0.25, 0.3) is 0 Å². The van der Waals surface area contributed by atoms with Gasteiger partial charge in [-0.3, -0.25) is 14.3 Å². The summed E-state index contributed by atoms with van der Waals surface area (Å²) in [6.07, 6.45) is -0.573. The number of aliphatic hydroxyl groups excluding tert-OH is 2. The third-order valence-corrected chi connectivity index (χ3v) is 2.90. The topological polar surface area (TPSA) is 121 Å². The standard InChI is InChI=1S/C9H13N3O4/c10-4-3-5(8(15)7(4)14)12-2-1-6(13)11-9(12)16/h1-2,4-5,7-8,14-15H,3,10H2,(H,11,13,16)/t4-,5+,7+,8-/m1/s1. The lowest BCUT2D eigenvalue weighted by molar-refractivity contribution is 0.0173.